The zero-order chi connectivity index (χ0) is 45.5. The Labute approximate surface area is 363 Å². The van der Waals surface area contributed by atoms with Crippen molar-refractivity contribution in [1.29, 1.82) is 0 Å². The van der Waals surface area contributed by atoms with Crippen molar-refractivity contribution in [3.63, 3.8) is 0 Å². The van der Waals surface area contributed by atoms with Crippen molar-refractivity contribution in [3.8, 4) is 5.75 Å². The van der Waals surface area contributed by atoms with Gasteiger partial charge in [-0.2, -0.15) is 0 Å². The zero-order valence-electron chi connectivity index (χ0n) is 36.3. The van der Waals surface area contributed by atoms with Gasteiger partial charge in [0, 0.05) is 50.8 Å². The molecule has 1 aromatic carbocycles. The number of phenols is 1. The number of aromatic hydroxyl groups is 1. The predicted molar refractivity (Wildman–Crippen MR) is 229 cm³/mol. The Morgan fingerprint density at radius 2 is 1.74 bits per heavy atom. The normalized spacial score (nSPS) is 29.0. The number of likely N-dealkylation sites (tertiary alicyclic amines) is 1. The molecule has 338 valence electrons. The second kappa shape index (κ2) is 23.7. The summed E-state index contributed by atoms with van der Waals surface area (Å²) < 4.78 is 6.03. The lowest BCUT2D eigenvalue weighted by Gasteiger charge is -2.36. The van der Waals surface area contributed by atoms with E-state index >= 15 is 0 Å². The molecule has 0 saturated carbocycles. The summed E-state index contributed by atoms with van der Waals surface area (Å²) in [6, 6.07) is 2.82. The van der Waals surface area contributed by atoms with Crippen LogP contribution in [0.4, 0.5) is 0 Å². The maximum atomic E-state index is 14.4. The fourth-order valence-electron chi connectivity index (χ4n) is 7.57. The number of piperidine rings is 1. The smallest absolute Gasteiger partial charge is 0.325 e. The van der Waals surface area contributed by atoms with Crippen LogP contribution in [0, 0.1) is 17.8 Å². The van der Waals surface area contributed by atoms with Crippen LogP contribution in [0.5, 0.6) is 5.75 Å². The number of hydrazine groups is 1. The first-order valence-electron chi connectivity index (χ1n) is 21.5. The van der Waals surface area contributed by atoms with Crippen molar-refractivity contribution in [1.82, 2.24) is 26.0 Å². The third-order valence-corrected chi connectivity index (χ3v) is 11.4. The number of allylic oxidation sites excluding steroid dienone is 4. The predicted octanol–water partition coefficient (Wildman–Crippen LogP) is 2.87. The molecule has 0 spiro atoms. The lowest BCUT2D eigenvalue weighted by molar-refractivity contribution is -0.156. The minimum absolute atomic E-state index is 0.0385. The molecule has 6 N–H and O–H groups in total. The molecule has 5 amide bonds. The van der Waals surface area contributed by atoms with E-state index in [0.717, 1.165) is 12.8 Å². The van der Waals surface area contributed by atoms with Crippen molar-refractivity contribution in [2.75, 3.05) is 13.1 Å². The lowest BCUT2D eigenvalue weighted by Crippen LogP contribution is -2.62. The van der Waals surface area contributed by atoms with Crippen LogP contribution in [0.15, 0.2) is 72.4 Å². The van der Waals surface area contributed by atoms with Gasteiger partial charge in [0.25, 0.3) is 11.8 Å². The summed E-state index contributed by atoms with van der Waals surface area (Å²) in [7, 11) is 0. The van der Waals surface area contributed by atoms with Gasteiger partial charge in [-0.15, -0.1) is 0 Å². The Kier molecular flexibility index (Phi) is 18.8. The molecule has 16 nitrogen and oxygen atoms in total. The Balaban J connectivity index is 1.70. The summed E-state index contributed by atoms with van der Waals surface area (Å²) >= 11 is 0. The minimum Gasteiger partial charge on any atom is -0.508 e. The van der Waals surface area contributed by atoms with E-state index in [9.17, 15) is 48.9 Å². The van der Waals surface area contributed by atoms with Crippen molar-refractivity contribution in [2.45, 2.75) is 129 Å². The van der Waals surface area contributed by atoms with Crippen LogP contribution >= 0.6 is 0 Å². The molecule has 3 aliphatic heterocycles. The van der Waals surface area contributed by atoms with Crippen LogP contribution in [0.2, 0.25) is 0 Å². The average Bonchev–Trinajstić information content (AvgIpc) is 3.23. The quantitative estimate of drug-likeness (QED) is 0.120. The van der Waals surface area contributed by atoms with Crippen LogP contribution in [0.3, 0.4) is 0 Å². The van der Waals surface area contributed by atoms with Crippen molar-refractivity contribution in [2.24, 2.45) is 17.8 Å². The van der Waals surface area contributed by atoms with E-state index in [1.54, 1.807) is 64.1 Å². The highest BCUT2D eigenvalue weighted by atomic mass is 16.5. The fourth-order valence-corrected chi connectivity index (χ4v) is 7.57. The minimum atomic E-state index is -1.44. The van der Waals surface area contributed by atoms with E-state index in [0.29, 0.717) is 36.9 Å². The van der Waals surface area contributed by atoms with Gasteiger partial charge in [0.15, 0.2) is 0 Å². The molecule has 0 radical (unpaired) electrons. The van der Waals surface area contributed by atoms with Crippen molar-refractivity contribution < 1.29 is 53.6 Å². The Morgan fingerprint density at radius 3 is 2.44 bits per heavy atom. The van der Waals surface area contributed by atoms with Gasteiger partial charge in [0.1, 0.15) is 35.8 Å². The summed E-state index contributed by atoms with van der Waals surface area (Å²) in [6.07, 6.45) is 9.73. The zero-order valence-corrected chi connectivity index (χ0v) is 36.3. The summed E-state index contributed by atoms with van der Waals surface area (Å²) in [4.78, 5) is 94.5. The first-order chi connectivity index (χ1) is 29.5. The highest BCUT2D eigenvalue weighted by Gasteiger charge is 2.39. The number of hydrogen-bond donors (Lipinski definition) is 6. The fraction of sp³-hybridized carbons (Fsp3) is 0.543. The number of aliphatic hydroxyl groups is 2. The molecular formula is C46H63N5O11. The van der Waals surface area contributed by atoms with Gasteiger partial charge < -0.3 is 35.5 Å². The van der Waals surface area contributed by atoms with Gasteiger partial charge >= 0.3 is 5.97 Å². The van der Waals surface area contributed by atoms with Gasteiger partial charge in [0.05, 0.1) is 18.1 Å². The Morgan fingerprint density at radius 1 is 0.984 bits per heavy atom. The summed E-state index contributed by atoms with van der Waals surface area (Å²) in [5.41, 5.74) is 4.08. The number of aliphatic hydroxyl groups excluding tert-OH is 2. The number of nitrogens with one attached hydrogen (secondary N) is 3. The van der Waals surface area contributed by atoms with Gasteiger partial charge in [-0.1, -0.05) is 69.4 Å². The number of ketones is 1. The number of benzene rings is 1. The topological polar surface area (TPSA) is 232 Å². The van der Waals surface area contributed by atoms with Crippen molar-refractivity contribution >= 4 is 41.3 Å². The molecule has 2 fully saturated rings. The number of amides is 5. The largest absolute Gasteiger partial charge is 0.508 e. The number of phenolic OH excluding ortho intramolecular Hbond substituents is 1. The van der Waals surface area contributed by atoms with Gasteiger partial charge in [-0.25, -0.2) is 5.43 Å². The van der Waals surface area contributed by atoms with Crippen LogP contribution in [0.1, 0.15) is 91.5 Å². The van der Waals surface area contributed by atoms with E-state index in [-0.39, 0.29) is 49.7 Å². The summed E-state index contributed by atoms with van der Waals surface area (Å²) in [5, 5.41) is 39.6. The Bertz CT molecular complexity index is 1910. The molecule has 3 heterocycles. The second-order valence-electron chi connectivity index (χ2n) is 16.8. The molecule has 8 atom stereocenters. The number of imide groups is 1. The molecule has 1 aromatic rings. The van der Waals surface area contributed by atoms with E-state index < -0.39 is 83.8 Å². The number of esters is 1. The lowest BCUT2D eigenvalue weighted by atomic mass is 9.84. The number of carbonyl (C=O) groups is 7. The number of hydrogen-bond acceptors (Lipinski definition) is 12. The monoisotopic (exact) mass is 861 g/mol. The van der Waals surface area contributed by atoms with Gasteiger partial charge in [-0.3, -0.25) is 38.7 Å². The molecule has 16 heteroatoms. The van der Waals surface area contributed by atoms with E-state index in [1.165, 1.54) is 47.2 Å². The van der Waals surface area contributed by atoms with Crippen LogP contribution in [-0.2, 0) is 44.7 Å². The first-order valence-corrected chi connectivity index (χ1v) is 21.5. The summed E-state index contributed by atoms with van der Waals surface area (Å²) in [5.74, 6) is -6.17. The average molecular weight is 862 g/mol. The molecule has 62 heavy (non-hydrogen) atoms. The molecule has 2 bridgehead atoms. The van der Waals surface area contributed by atoms with Crippen LogP contribution in [0.25, 0.3) is 0 Å². The van der Waals surface area contributed by atoms with E-state index in [1.807, 2.05) is 0 Å². The molecule has 4 rings (SSSR count). The molecular weight excluding hydrogens is 799 g/mol. The molecule has 1 unspecified atom stereocenters. The maximum Gasteiger partial charge on any atom is 0.325 e. The van der Waals surface area contributed by atoms with Gasteiger partial charge in [-0.05, 0) is 75.1 Å². The highest BCUT2D eigenvalue weighted by Crippen LogP contribution is 2.24. The number of carbonyl (C=O) groups excluding carboxylic acids is 7. The third-order valence-electron chi connectivity index (χ3n) is 11.4. The second-order valence-corrected chi connectivity index (χ2v) is 16.8. The molecule has 0 aromatic heterocycles. The number of Topliss-reactive ketones (excluding diaryl/α,β-unsaturated/α-hetero) is 1. The summed E-state index contributed by atoms with van der Waals surface area (Å²) in [6.45, 7) is 8.58. The van der Waals surface area contributed by atoms with Gasteiger partial charge in [0.2, 0.25) is 17.7 Å². The third kappa shape index (κ3) is 14.3. The SMILES string of the molecule is CC(=O)CC[C@H]1C(=O)N[C@@H](C(C)C)C(=O)N[C@@H](Cc2cccc(O)c2)C(=O)N2CCCC(N2)C(=O)O[C@H](/C(C)=C/C=C/C(=O)N2CCCCC2=O)C/C=C/C=C/[C@H](O)[C@H](C)[C@H]1O. The van der Waals surface area contributed by atoms with E-state index in [2.05, 4.69) is 16.1 Å². The van der Waals surface area contributed by atoms with Crippen molar-refractivity contribution in [3.05, 3.63) is 77.9 Å². The first kappa shape index (κ1) is 49.2. The standard InChI is InChI=1S/C46H63N5O11/c1-28(2)41-44(59)47-36(27-32-15-12-16-33(53)26-32)45(60)51-25-13-17-35(49-51)46(61)62-38(29(3)14-11-21-40(56)50-24-10-9-20-39(50)55)19-8-6-7-18-37(54)31(5)42(57)34(43(58)48-41)23-22-30(4)52/h6-8,11-12,14-16,18,21,26,28,31,34-38,41-42,49,53-54,57H,9-10,13,17,19-20,22-25,27H2,1-5H3,(H,47,59)(H,48,58)/b8-6+,18-7+,21-11+,29-14+/t31-,34+,35?,36-,37-,38-,41-,42+/m0/s1. The maximum absolute atomic E-state index is 14.4. The number of ether oxygens (including phenoxy) is 1. The number of rotatable bonds is 9. The molecule has 3 aliphatic rings. The number of nitrogens with zero attached hydrogens (tertiary/aromatic N) is 2. The Hall–Kier alpha value is -5.45. The van der Waals surface area contributed by atoms with Crippen LogP contribution in [-0.4, -0.2) is 116 Å². The van der Waals surface area contributed by atoms with E-state index in [4.69, 9.17) is 4.74 Å². The number of cyclic esters (lactones) is 1. The highest BCUT2D eigenvalue weighted by molar-refractivity contribution is 6.01. The molecule has 2 saturated heterocycles. The molecule has 0 aliphatic carbocycles. The number of fused-ring (bicyclic) bond motifs is 2. The van der Waals surface area contributed by atoms with Crippen LogP contribution < -0.4 is 16.1 Å².